The number of amides is 1. The fourth-order valence-corrected chi connectivity index (χ4v) is 4.35. The molecule has 0 radical (unpaired) electrons. The zero-order valence-corrected chi connectivity index (χ0v) is 25.0. The van der Waals surface area contributed by atoms with Gasteiger partial charge in [0.15, 0.2) is 0 Å². The molecule has 4 N–H and O–H groups in total. The van der Waals surface area contributed by atoms with E-state index < -0.39 is 43.5 Å². The molecule has 238 valence electrons. The van der Waals surface area contributed by atoms with Crippen LogP contribution in [0.4, 0.5) is 0 Å². The number of hydrogen-bond acceptors (Lipinski definition) is 9. The van der Waals surface area contributed by atoms with E-state index in [1.165, 1.54) is 79.6 Å². The smallest absolute Gasteiger partial charge is 0.322 e. The quantitative estimate of drug-likeness (QED) is 0.0776. The van der Waals surface area contributed by atoms with Gasteiger partial charge in [-0.25, -0.2) is 0 Å². The average molecular weight is 589 g/mol. The Kier molecular flexibility index (Phi) is 23.3. The molecular weight excluding hydrogens is 536 g/mol. The van der Waals surface area contributed by atoms with Gasteiger partial charge in [0.25, 0.3) is 0 Å². The summed E-state index contributed by atoms with van der Waals surface area (Å²) in [5.74, 6) is -4.47. The maximum absolute atomic E-state index is 12.4. The number of aliphatic carboxylic acids is 3. The van der Waals surface area contributed by atoms with Crippen molar-refractivity contribution in [1.29, 1.82) is 0 Å². The van der Waals surface area contributed by atoms with Crippen molar-refractivity contribution >= 4 is 29.8 Å². The molecule has 0 saturated heterocycles. The average Bonchev–Trinajstić information content (AvgIpc) is 2.86. The van der Waals surface area contributed by atoms with Gasteiger partial charge in [-0.3, -0.25) is 33.8 Å². The third-order valence-electron chi connectivity index (χ3n) is 6.39. The first-order chi connectivity index (χ1) is 19.5. The molecule has 0 unspecified atom stereocenters. The van der Waals surface area contributed by atoms with E-state index in [-0.39, 0.29) is 38.6 Å². The van der Waals surface area contributed by atoms with Crippen LogP contribution < -0.4 is 5.32 Å². The maximum atomic E-state index is 12.4. The number of carbonyl (C=O) groups excluding carboxylic acids is 2. The number of nitrogens with zero attached hydrogens (tertiary/aromatic N) is 3. The van der Waals surface area contributed by atoms with Gasteiger partial charge in [-0.05, 0) is 6.42 Å². The van der Waals surface area contributed by atoms with Crippen molar-refractivity contribution < 1.29 is 44.1 Å². The Morgan fingerprint density at radius 2 is 0.976 bits per heavy atom. The summed E-state index contributed by atoms with van der Waals surface area (Å²) in [5, 5.41) is 31.3. The van der Waals surface area contributed by atoms with E-state index in [2.05, 4.69) is 12.2 Å². The third kappa shape index (κ3) is 25.9. The van der Waals surface area contributed by atoms with Gasteiger partial charge in [0.1, 0.15) is 0 Å². The highest BCUT2D eigenvalue weighted by Gasteiger charge is 2.19. The maximum Gasteiger partial charge on any atom is 0.322 e. The molecule has 41 heavy (non-hydrogen) atoms. The van der Waals surface area contributed by atoms with Crippen molar-refractivity contribution in [2.45, 2.75) is 90.9 Å². The molecule has 13 nitrogen and oxygen atoms in total. The number of hydrogen-bond donors (Lipinski definition) is 4. The molecule has 0 aliphatic rings. The minimum atomic E-state index is -1.20. The fourth-order valence-electron chi connectivity index (χ4n) is 4.35. The van der Waals surface area contributed by atoms with Crippen molar-refractivity contribution in [3.05, 3.63) is 0 Å². The molecule has 0 aromatic rings. The zero-order chi connectivity index (χ0) is 30.9. The van der Waals surface area contributed by atoms with E-state index in [4.69, 9.17) is 15.1 Å². The standard InChI is InChI=1S/C28H52N4O9/c1-3-4-5-6-7-8-9-10-11-12-13-14-15-29-25(34)20-30(21-26(35)36)16-18-32(41-24(2)33)19-17-31(22-27(37)38)23-28(39)40/h3-23H2,1-2H3,(H,29,34)(H,35,36)(H,37,38)(H,39,40). The van der Waals surface area contributed by atoms with E-state index in [9.17, 15) is 29.1 Å². The van der Waals surface area contributed by atoms with Gasteiger partial charge in [0.05, 0.1) is 26.2 Å². The summed E-state index contributed by atoms with van der Waals surface area (Å²) < 4.78 is 0. The zero-order valence-electron chi connectivity index (χ0n) is 25.0. The van der Waals surface area contributed by atoms with Gasteiger partial charge in [-0.1, -0.05) is 77.6 Å². The first-order valence-electron chi connectivity index (χ1n) is 14.8. The van der Waals surface area contributed by atoms with Gasteiger partial charge in [-0.2, -0.15) is 0 Å². The number of carboxylic acid groups (broad SMARTS) is 3. The van der Waals surface area contributed by atoms with Crippen LogP contribution in [0.1, 0.15) is 90.9 Å². The van der Waals surface area contributed by atoms with Crippen LogP contribution in [0.15, 0.2) is 0 Å². The monoisotopic (exact) mass is 588 g/mol. The summed E-state index contributed by atoms with van der Waals surface area (Å²) in [5.41, 5.74) is 0. The van der Waals surface area contributed by atoms with Crippen molar-refractivity contribution in [2.75, 3.05) is 58.9 Å². The normalized spacial score (nSPS) is 11.2. The Morgan fingerprint density at radius 1 is 0.585 bits per heavy atom. The summed E-state index contributed by atoms with van der Waals surface area (Å²) in [6.45, 7) is 2.43. The lowest BCUT2D eigenvalue weighted by atomic mass is 10.1. The van der Waals surface area contributed by atoms with Crippen LogP contribution >= 0.6 is 0 Å². The SMILES string of the molecule is CCCCCCCCCCCCCCNC(=O)CN(CCN(CCN(CC(=O)O)CC(=O)O)OC(C)=O)CC(=O)O. The molecule has 0 saturated carbocycles. The van der Waals surface area contributed by atoms with Crippen molar-refractivity contribution in [3.63, 3.8) is 0 Å². The van der Waals surface area contributed by atoms with Gasteiger partial charge in [0.2, 0.25) is 5.91 Å². The van der Waals surface area contributed by atoms with E-state index in [0.717, 1.165) is 19.3 Å². The third-order valence-corrected chi connectivity index (χ3v) is 6.39. The molecule has 0 bridgehead atoms. The van der Waals surface area contributed by atoms with Crippen LogP contribution in [0.2, 0.25) is 0 Å². The molecule has 0 fully saturated rings. The van der Waals surface area contributed by atoms with Crippen LogP contribution in [0.25, 0.3) is 0 Å². The summed E-state index contributed by atoms with van der Waals surface area (Å²) >= 11 is 0. The molecule has 0 atom stereocenters. The largest absolute Gasteiger partial charge is 0.480 e. The molecule has 1 amide bonds. The predicted octanol–water partition coefficient (Wildman–Crippen LogP) is 2.44. The Bertz CT molecular complexity index is 751. The lowest BCUT2D eigenvalue weighted by Crippen LogP contribution is -2.46. The lowest BCUT2D eigenvalue weighted by Gasteiger charge is -2.27. The molecule has 0 rings (SSSR count). The first-order valence-corrected chi connectivity index (χ1v) is 14.8. The Balaban J connectivity index is 4.44. The van der Waals surface area contributed by atoms with Gasteiger partial charge in [0, 0.05) is 39.6 Å². The Morgan fingerprint density at radius 3 is 1.37 bits per heavy atom. The minimum absolute atomic E-state index is 0.00773. The predicted molar refractivity (Wildman–Crippen MR) is 153 cm³/mol. The molecule has 0 aromatic heterocycles. The molecule has 0 aliphatic heterocycles. The summed E-state index contributed by atoms with van der Waals surface area (Å²) in [6, 6.07) is 0. The van der Waals surface area contributed by atoms with E-state index in [1.54, 1.807) is 0 Å². The first kappa shape index (κ1) is 38.2. The highest BCUT2D eigenvalue weighted by atomic mass is 16.7. The second-order valence-corrected chi connectivity index (χ2v) is 10.4. The molecule has 0 aromatic carbocycles. The molecule has 0 aliphatic carbocycles. The number of nitrogens with one attached hydrogen (secondary N) is 1. The number of rotatable bonds is 28. The summed E-state index contributed by atoms with van der Waals surface area (Å²) in [7, 11) is 0. The van der Waals surface area contributed by atoms with E-state index in [1.807, 2.05) is 0 Å². The van der Waals surface area contributed by atoms with Gasteiger partial charge < -0.3 is 25.5 Å². The fraction of sp³-hybridized carbons (Fsp3) is 0.821. The van der Waals surface area contributed by atoms with Crippen molar-refractivity contribution in [3.8, 4) is 0 Å². The number of carboxylic acids is 3. The molecule has 0 heterocycles. The van der Waals surface area contributed by atoms with Crippen LogP contribution in [-0.2, 0) is 28.8 Å². The van der Waals surface area contributed by atoms with E-state index in [0.29, 0.717) is 6.54 Å². The van der Waals surface area contributed by atoms with Crippen LogP contribution in [-0.4, -0.2) is 119 Å². The van der Waals surface area contributed by atoms with Crippen molar-refractivity contribution in [1.82, 2.24) is 20.2 Å². The van der Waals surface area contributed by atoms with Crippen LogP contribution in [0, 0.1) is 0 Å². The molecule has 0 spiro atoms. The number of carbonyl (C=O) groups is 5. The second-order valence-electron chi connectivity index (χ2n) is 10.4. The topological polar surface area (TPSA) is 177 Å². The molecule has 13 heteroatoms. The Labute approximate surface area is 244 Å². The highest BCUT2D eigenvalue weighted by molar-refractivity contribution is 5.79. The van der Waals surface area contributed by atoms with Gasteiger partial charge in [-0.15, -0.1) is 5.06 Å². The van der Waals surface area contributed by atoms with Crippen LogP contribution in [0.5, 0.6) is 0 Å². The second kappa shape index (κ2) is 25.0. The summed E-state index contributed by atoms with van der Waals surface area (Å²) in [6.07, 6.45) is 14.6. The van der Waals surface area contributed by atoms with Gasteiger partial charge >= 0.3 is 23.9 Å². The Hall–Kier alpha value is -2.77. The lowest BCUT2D eigenvalue weighted by molar-refractivity contribution is -0.190. The minimum Gasteiger partial charge on any atom is -0.480 e. The number of hydroxylamine groups is 2. The highest BCUT2D eigenvalue weighted by Crippen LogP contribution is 2.11. The summed E-state index contributed by atoms with van der Waals surface area (Å²) in [4.78, 5) is 65.0. The molecular formula is C28H52N4O9. The van der Waals surface area contributed by atoms with Crippen LogP contribution in [0.3, 0.4) is 0 Å². The van der Waals surface area contributed by atoms with E-state index >= 15 is 0 Å². The number of unbranched alkanes of at least 4 members (excludes halogenated alkanes) is 11. The van der Waals surface area contributed by atoms with Crippen molar-refractivity contribution in [2.24, 2.45) is 0 Å².